The van der Waals surface area contributed by atoms with E-state index in [0.29, 0.717) is 33.9 Å². The molecule has 0 atom stereocenters. The van der Waals surface area contributed by atoms with E-state index in [2.05, 4.69) is 10.6 Å². The summed E-state index contributed by atoms with van der Waals surface area (Å²) in [6, 6.07) is 24.0. The van der Waals surface area contributed by atoms with Crippen LogP contribution < -0.4 is 15.4 Å². The molecule has 0 aliphatic heterocycles. The highest BCUT2D eigenvalue weighted by molar-refractivity contribution is 6.08. The maximum atomic E-state index is 13.3. The van der Waals surface area contributed by atoms with Gasteiger partial charge in [0.05, 0.1) is 18.4 Å². The monoisotopic (exact) mass is 426 g/mol. The quantitative estimate of drug-likeness (QED) is 0.466. The van der Waals surface area contributed by atoms with Crippen LogP contribution in [0, 0.1) is 0 Å². The van der Waals surface area contributed by atoms with Gasteiger partial charge >= 0.3 is 0 Å². The smallest absolute Gasteiger partial charge is 0.259 e. The Morgan fingerprint density at radius 2 is 1.56 bits per heavy atom. The van der Waals surface area contributed by atoms with Crippen molar-refractivity contribution >= 4 is 23.2 Å². The lowest BCUT2D eigenvalue weighted by molar-refractivity contribution is -0.114. The van der Waals surface area contributed by atoms with Gasteiger partial charge in [-0.3, -0.25) is 9.59 Å². The average molecular weight is 426 g/mol. The van der Waals surface area contributed by atoms with Gasteiger partial charge in [0.25, 0.3) is 5.91 Å². The number of carbonyl (C=O) groups is 2. The first-order chi connectivity index (χ1) is 15.5. The van der Waals surface area contributed by atoms with Crippen LogP contribution in [0.5, 0.6) is 5.75 Å². The summed E-state index contributed by atoms with van der Waals surface area (Å²) in [5, 5.41) is 10.3. The van der Waals surface area contributed by atoms with Crippen LogP contribution in [-0.2, 0) is 4.79 Å². The van der Waals surface area contributed by atoms with Crippen LogP contribution in [0.25, 0.3) is 16.9 Å². The molecular formula is C25H22N4O3. The minimum atomic E-state index is -0.326. The van der Waals surface area contributed by atoms with Crippen LogP contribution in [0.1, 0.15) is 17.3 Å². The number of hydrogen-bond acceptors (Lipinski definition) is 4. The van der Waals surface area contributed by atoms with E-state index in [4.69, 9.17) is 9.84 Å². The zero-order chi connectivity index (χ0) is 22.5. The Morgan fingerprint density at radius 1 is 0.875 bits per heavy atom. The fourth-order valence-electron chi connectivity index (χ4n) is 3.37. The molecule has 1 aromatic heterocycles. The molecule has 7 nitrogen and oxygen atoms in total. The Kier molecular flexibility index (Phi) is 5.98. The summed E-state index contributed by atoms with van der Waals surface area (Å²) in [5.41, 5.74) is 3.59. The Labute approximate surface area is 185 Å². The fourth-order valence-corrected chi connectivity index (χ4v) is 3.37. The Balaban J connectivity index is 1.74. The molecule has 160 valence electrons. The summed E-state index contributed by atoms with van der Waals surface area (Å²) in [5.74, 6) is 0.108. The molecule has 0 saturated heterocycles. The molecule has 0 fully saturated rings. The highest BCUT2D eigenvalue weighted by atomic mass is 16.5. The number of hydrogen-bond donors (Lipinski definition) is 2. The number of nitrogens with zero attached hydrogens (tertiary/aromatic N) is 2. The number of methoxy groups -OCH3 is 1. The van der Waals surface area contributed by atoms with Gasteiger partial charge in [0, 0.05) is 30.1 Å². The number of aromatic nitrogens is 2. The van der Waals surface area contributed by atoms with Gasteiger partial charge in [-0.2, -0.15) is 5.10 Å². The summed E-state index contributed by atoms with van der Waals surface area (Å²) in [7, 11) is 1.58. The Hall–Kier alpha value is -4.39. The van der Waals surface area contributed by atoms with E-state index < -0.39 is 0 Å². The highest BCUT2D eigenvalue weighted by Gasteiger charge is 2.21. The fraction of sp³-hybridized carbons (Fsp3) is 0.0800. The van der Waals surface area contributed by atoms with Crippen molar-refractivity contribution in [3.8, 4) is 22.7 Å². The molecule has 2 N–H and O–H groups in total. The van der Waals surface area contributed by atoms with Crippen molar-refractivity contribution in [1.82, 2.24) is 9.78 Å². The topological polar surface area (TPSA) is 85.2 Å². The minimum Gasteiger partial charge on any atom is -0.496 e. The number of para-hydroxylation sites is 2. The van der Waals surface area contributed by atoms with Gasteiger partial charge in [0.15, 0.2) is 0 Å². The molecule has 3 aromatic carbocycles. The van der Waals surface area contributed by atoms with Gasteiger partial charge in [-0.15, -0.1) is 0 Å². The van der Waals surface area contributed by atoms with E-state index >= 15 is 0 Å². The number of anilines is 2. The first-order valence-electron chi connectivity index (χ1n) is 10.0. The largest absolute Gasteiger partial charge is 0.496 e. The van der Waals surface area contributed by atoms with Gasteiger partial charge in [-0.05, 0) is 42.5 Å². The van der Waals surface area contributed by atoms with Crippen molar-refractivity contribution in [1.29, 1.82) is 0 Å². The summed E-state index contributed by atoms with van der Waals surface area (Å²) in [4.78, 5) is 24.6. The summed E-state index contributed by atoms with van der Waals surface area (Å²) >= 11 is 0. The molecule has 0 radical (unpaired) electrons. The van der Waals surface area contributed by atoms with Crippen LogP contribution in [0.15, 0.2) is 85.1 Å². The lowest BCUT2D eigenvalue weighted by Crippen LogP contribution is -2.13. The zero-order valence-electron chi connectivity index (χ0n) is 17.7. The molecule has 0 spiro atoms. The summed E-state index contributed by atoms with van der Waals surface area (Å²) < 4.78 is 7.17. The molecule has 0 unspecified atom stereocenters. The molecule has 0 aliphatic rings. The second-order valence-corrected chi connectivity index (χ2v) is 7.09. The van der Waals surface area contributed by atoms with E-state index in [1.807, 2.05) is 54.6 Å². The molecule has 2 amide bonds. The lowest BCUT2D eigenvalue weighted by atomic mass is 10.1. The van der Waals surface area contributed by atoms with Crippen molar-refractivity contribution in [2.75, 3.05) is 17.7 Å². The predicted molar refractivity (Wildman–Crippen MR) is 124 cm³/mol. The zero-order valence-corrected chi connectivity index (χ0v) is 17.7. The molecule has 4 rings (SSSR count). The minimum absolute atomic E-state index is 0.184. The van der Waals surface area contributed by atoms with Crippen molar-refractivity contribution in [3.05, 3.63) is 90.6 Å². The molecule has 0 aliphatic carbocycles. The van der Waals surface area contributed by atoms with Crippen LogP contribution in [0.2, 0.25) is 0 Å². The molecule has 0 bridgehead atoms. The van der Waals surface area contributed by atoms with Crippen LogP contribution in [0.3, 0.4) is 0 Å². The van der Waals surface area contributed by atoms with Crippen LogP contribution >= 0.6 is 0 Å². The maximum absolute atomic E-state index is 13.3. The summed E-state index contributed by atoms with van der Waals surface area (Å²) in [6.07, 6.45) is 1.70. The average Bonchev–Trinajstić information content (AvgIpc) is 3.25. The second kappa shape index (κ2) is 9.18. The lowest BCUT2D eigenvalue weighted by Gasteiger charge is -2.09. The van der Waals surface area contributed by atoms with E-state index in [1.165, 1.54) is 6.92 Å². The number of rotatable bonds is 6. The van der Waals surface area contributed by atoms with Gasteiger partial charge in [-0.1, -0.05) is 36.4 Å². The van der Waals surface area contributed by atoms with Gasteiger partial charge in [0.1, 0.15) is 11.4 Å². The van der Waals surface area contributed by atoms with Gasteiger partial charge in [-0.25, -0.2) is 4.68 Å². The highest BCUT2D eigenvalue weighted by Crippen LogP contribution is 2.32. The van der Waals surface area contributed by atoms with Crippen molar-refractivity contribution in [2.45, 2.75) is 6.92 Å². The van der Waals surface area contributed by atoms with E-state index in [9.17, 15) is 9.59 Å². The third-order valence-corrected chi connectivity index (χ3v) is 4.78. The Bertz CT molecular complexity index is 1270. The molecular weight excluding hydrogens is 404 g/mol. The summed E-state index contributed by atoms with van der Waals surface area (Å²) in [6.45, 7) is 1.43. The van der Waals surface area contributed by atoms with Crippen LogP contribution in [-0.4, -0.2) is 28.7 Å². The molecule has 32 heavy (non-hydrogen) atoms. The SMILES string of the molecule is COc1ccccc1-c1nn(-c2ccccc2)cc1C(=O)Nc1cccc(NC(C)=O)c1. The predicted octanol–water partition coefficient (Wildman–Crippen LogP) is 4.76. The van der Waals surface area contributed by atoms with Gasteiger partial charge in [0.2, 0.25) is 5.91 Å². The Morgan fingerprint density at radius 3 is 2.28 bits per heavy atom. The normalized spacial score (nSPS) is 10.4. The standard InChI is InChI=1S/C25H22N4O3/c1-17(30)26-18-9-8-10-19(15-18)27-25(31)22-16-29(20-11-4-3-5-12-20)28-24(22)21-13-6-7-14-23(21)32-2/h3-16H,1-2H3,(H,26,30)(H,27,31). The molecule has 7 heteroatoms. The molecule has 1 heterocycles. The number of amides is 2. The van der Waals surface area contributed by atoms with Crippen molar-refractivity contribution < 1.29 is 14.3 Å². The number of carbonyl (C=O) groups excluding carboxylic acids is 2. The number of benzene rings is 3. The first kappa shape index (κ1) is 20.9. The van der Waals surface area contributed by atoms with Gasteiger partial charge < -0.3 is 15.4 Å². The van der Waals surface area contributed by atoms with E-state index in [0.717, 1.165) is 5.69 Å². The number of nitrogens with one attached hydrogen (secondary N) is 2. The van der Waals surface area contributed by atoms with E-state index in [1.54, 1.807) is 42.3 Å². The number of ether oxygens (including phenoxy) is 1. The van der Waals surface area contributed by atoms with E-state index in [-0.39, 0.29) is 11.8 Å². The first-order valence-corrected chi connectivity index (χ1v) is 10.0. The second-order valence-electron chi connectivity index (χ2n) is 7.09. The third-order valence-electron chi connectivity index (χ3n) is 4.78. The van der Waals surface area contributed by atoms with Crippen molar-refractivity contribution in [2.24, 2.45) is 0 Å². The maximum Gasteiger partial charge on any atom is 0.259 e. The van der Waals surface area contributed by atoms with Crippen molar-refractivity contribution in [3.63, 3.8) is 0 Å². The molecule has 4 aromatic rings. The van der Waals surface area contributed by atoms with Crippen LogP contribution in [0.4, 0.5) is 11.4 Å². The molecule has 0 saturated carbocycles. The third kappa shape index (κ3) is 4.52.